The van der Waals surface area contributed by atoms with Gasteiger partial charge in [-0.15, -0.1) is 0 Å². The second kappa shape index (κ2) is 11.7. The fourth-order valence-corrected chi connectivity index (χ4v) is 1.75. The highest BCUT2D eigenvalue weighted by atomic mass is 16.2. The van der Waals surface area contributed by atoms with E-state index < -0.39 is 0 Å². The lowest BCUT2D eigenvalue weighted by molar-refractivity contribution is -0.104. The molecule has 3 heteroatoms. The number of unbranched alkanes of at least 4 members (excludes halogenated alkanes) is 3. The third-order valence-corrected chi connectivity index (χ3v) is 2.95. The van der Waals surface area contributed by atoms with Crippen LogP contribution in [0.2, 0.25) is 0 Å². The van der Waals surface area contributed by atoms with E-state index >= 15 is 0 Å². The summed E-state index contributed by atoms with van der Waals surface area (Å²) in [7, 11) is 0. The molecule has 0 rings (SSSR count). The molecule has 0 aromatic rings. The van der Waals surface area contributed by atoms with E-state index in [9.17, 15) is 4.79 Å². The Morgan fingerprint density at radius 3 is 2.37 bits per heavy atom. The van der Waals surface area contributed by atoms with Crippen LogP contribution in [0.1, 0.15) is 59.3 Å². The maximum atomic E-state index is 10.7. The molecule has 0 saturated heterocycles. The Morgan fingerprint density at radius 2 is 1.84 bits per heavy atom. The summed E-state index contributed by atoms with van der Waals surface area (Å²) >= 11 is 0. The minimum Gasteiger partial charge on any atom is -0.515 e. The SMILES string of the molecule is CCCCCC(=NCCCC)C(C)=CC(C=O)=CO. The van der Waals surface area contributed by atoms with Gasteiger partial charge in [-0.1, -0.05) is 33.1 Å². The molecule has 19 heavy (non-hydrogen) atoms. The third-order valence-electron chi connectivity index (χ3n) is 2.95. The van der Waals surface area contributed by atoms with Crippen molar-refractivity contribution in [3.05, 3.63) is 23.5 Å². The molecule has 0 unspecified atom stereocenters. The largest absolute Gasteiger partial charge is 0.515 e. The van der Waals surface area contributed by atoms with Crippen molar-refractivity contribution in [2.24, 2.45) is 4.99 Å². The van der Waals surface area contributed by atoms with Crippen LogP contribution in [0.5, 0.6) is 0 Å². The average Bonchev–Trinajstić information content (AvgIpc) is 2.43. The standard InChI is InChI=1S/C16H27NO2/c1-4-6-8-9-16(17-10-7-5-2)14(3)11-15(12-18)13-19/h11-13,18H,4-10H2,1-3H3. The van der Waals surface area contributed by atoms with Gasteiger partial charge in [-0.3, -0.25) is 9.79 Å². The van der Waals surface area contributed by atoms with Crippen molar-refractivity contribution in [3.8, 4) is 0 Å². The number of nitrogens with zero attached hydrogens (tertiary/aromatic N) is 1. The van der Waals surface area contributed by atoms with E-state index in [1.54, 1.807) is 6.08 Å². The van der Waals surface area contributed by atoms with Crippen LogP contribution in [0, 0.1) is 0 Å². The number of allylic oxidation sites excluding steroid dienone is 3. The van der Waals surface area contributed by atoms with E-state index in [4.69, 9.17) is 5.11 Å². The molecular formula is C16H27NO2. The molecule has 0 radical (unpaired) electrons. The lowest BCUT2D eigenvalue weighted by Crippen LogP contribution is -2.03. The Morgan fingerprint density at radius 1 is 1.16 bits per heavy atom. The normalized spacial score (nSPS) is 13.7. The van der Waals surface area contributed by atoms with Crippen molar-refractivity contribution in [3.63, 3.8) is 0 Å². The van der Waals surface area contributed by atoms with Gasteiger partial charge < -0.3 is 5.11 Å². The topological polar surface area (TPSA) is 49.7 Å². The van der Waals surface area contributed by atoms with Crippen molar-refractivity contribution in [1.29, 1.82) is 0 Å². The molecule has 108 valence electrons. The Bertz CT molecular complexity index is 341. The molecule has 0 fully saturated rings. The Hall–Kier alpha value is -1.38. The molecule has 0 saturated carbocycles. The molecule has 0 aromatic carbocycles. The van der Waals surface area contributed by atoms with Crippen molar-refractivity contribution >= 4 is 12.0 Å². The number of hydrogen-bond acceptors (Lipinski definition) is 3. The van der Waals surface area contributed by atoms with Gasteiger partial charge in [0.15, 0.2) is 6.29 Å². The van der Waals surface area contributed by atoms with Gasteiger partial charge in [0, 0.05) is 17.8 Å². The van der Waals surface area contributed by atoms with Crippen LogP contribution in [0.3, 0.4) is 0 Å². The fraction of sp³-hybridized carbons (Fsp3) is 0.625. The molecule has 3 nitrogen and oxygen atoms in total. The molecule has 0 aliphatic rings. The van der Waals surface area contributed by atoms with Gasteiger partial charge in [-0.2, -0.15) is 0 Å². The van der Waals surface area contributed by atoms with Crippen LogP contribution >= 0.6 is 0 Å². The van der Waals surface area contributed by atoms with Crippen molar-refractivity contribution in [1.82, 2.24) is 0 Å². The third kappa shape index (κ3) is 8.36. The van der Waals surface area contributed by atoms with Crippen LogP contribution in [0.15, 0.2) is 28.5 Å². The van der Waals surface area contributed by atoms with Crippen LogP contribution in [-0.4, -0.2) is 23.6 Å². The summed E-state index contributed by atoms with van der Waals surface area (Å²) < 4.78 is 0. The van der Waals surface area contributed by atoms with Gasteiger partial charge in [0.2, 0.25) is 0 Å². The summed E-state index contributed by atoms with van der Waals surface area (Å²) in [6, 6.07) is 0. The zero-order chi connectivity index (χ0) is 14.5. The quantitative estimate of drug-likeness (QED) is 0.159. The lowest BCUT2D eigenvalue weighted by Gasteiger charge is -2.07. The van der Waals surface area contributed by atoms with E-state index in [2.05, 4.69) is 18.8 Å². The van der Waals surface area contributed by atoms with E-state index in [0.29, 0.717) is 6.29 Å². The predicted molar refractivity (Wildman–Crippen MR) is 81.9 cm³/mol. The number of aliphatic hydroxyl groups is 1. The number of hydrogen-bond donors (Lipinski definition) is 1. The van der Waals surface area contributed by atoms with Crippen molar-refractivity contribution in [2.45, 2.75) is 59.3 Å². The molecule has 0 aliphatic carbocycles. The number of rotatable bonds is 10. The second-order valence-corrected chi connectivity index (χ2v) is 4.71. The minimum absolute atomic E-state index is 0.288. The highest BCUT2D eigenvalue weighted by Gasteiger charge is 2.03. The van der Waals surface area contributed by atoms with E-state index in [0.717, 1.165) is 49.8 Å². The van der Waals surface area contributed by atoms with E-state index in [-0.39, 0.29) is 5.57 Å². The molecule has 0 aromatic heterocycles. The van der Waals surface area contributed by atoms with Gasteiger partial charge >= 0.3 is 0 Å². The number of aliphatic imine (C=N–C) groups is 1. The summed E-state index contributed by atoms with van der Waals surface area (Å²) in [4.78, 5) is 15.3. The van der Waals surface area contributed by atoms with Gasteiger partial charge in [0.05, 0.1) is 6.26 Å². The van der Waals surface area contributed by atoms with Crippen LogP contribution in [0.4, 0.5) is 0 Å². The highest BCUT2D eigenvalue weighted by molar-refractivity contribution is 6.01. The van der Waals surface area contributed by atoms with Gasteiger partial charge in [-0.25, -0.2) is 0 Å². The zero-order valence-electron chi connectivity index (χ0n) is 12.5. The number of aliphatic hydroxyl groups excluding tert-OH is 1. The molecule has 0 atom stereocenters. The molecule has 0 amide bonds. The van der Waals surface area contributed by atoms with Crippen molar-refractivity contribution in [2.75, 3.05) is 6.54 Å². The van der Waals surface area contributed by atoms with Gasteiger partial charge in [0.1, 0.15) is 0 Å². The Labute approximate surface area is 117 Å². The summed E-state index contributed by atoms with van der Waals surface area (Å²) in [5.41, 5.74) is 2.32. The molecular weight excluding hydrogens is 238 g/mol. The molecule has 0 heterocycles. The maximum absolute atomic E-state index is 10.7. The first-order chi connectivity index (χ1) is 9.19. The van der Waals surface area contributed by atoms with Crippen molar-refractivity contribution < 1.29 is 9.90 Å². The van der Waals surface area contributed by atoms with E-state index in [1.807, 2.05) is 6.92 Å². The summed E-state index contributed by atoms with van der Waals surface area (Å²) in [6.07, 6.45) is 9.83. The first-order valence-electron chi connectivity index (χ1n) is 7.21. The summed E-state index contributed by atoms with van der Waals surface area (Å²) in [6.45, 7) is 7.11. The van der Waals surface area contributed by atoms with E-state index in [1.165, 1.54) is 12.8 Å². The second-order valence-electron chi connectivity index (χ2n) is 4.71. The van der Waals surface area contributed by atoms with Gasteiger partial charge in [-0.05, 0) is 37.8 Å². The lowest BCUT2D eigenvalue weighted by atomic mass is 10.0. The predicted octanol–water partition coefficient (Wildman–Crippen LogP) is 4.39. The first kappa shape index (κ1) is 17.6. The molecule has 0 spiro atoms. The minimum atomic E-state index is 0.288. The van der Waals surface area contributed by atoms with Crippen LogP contribution < -0.4 is 0 Å². The monoisotopic (exact) mass is 265 g/mol. The average molecular weight is 265 g/mol. The molecule has 0 bridgehead atoms. The smallest absolute Gasteiger partial charge is 0.153 e. The summed E-state index contributed by atoms with van der Waals surface area (Å²) in [5, 5.41) is 8.91. The summed E-state index contributed by atoms with van der Waals surface area (Å²) in [5.74, 6) is 0. The highest BCUT2D eigenvalue weighted by Crippen LogP contribution is 2.10. The molecule has 0 aliphatic heterocycles. The van der Waals surface area contributed by atoms with Crippen LogP contribution in [0.25, 0.3) is 0 Å². The Balaban J connectivity index is 4.79. The Kier molecular flexibility index (Phi) is 10.8. The molecule has 1 N–H and O–H groups in total. The van der Waals surface area contributed by atoms with Gasteiger partial charge in [0.25, 0.3) is 0 Å². The van der Waals surface area contributed by atoms with Crippen LogP contribution in [-0.2, 0) is 4.79 Å². The maximum Gasteiger partial charge on any atom is 0.153 e. The number of carbonyl (C=O) groups excluding carboxylic acids is 1. The number of aldehydes is 1. The zero-order valence-corrected chi connectivity index (χ0v) is 12.5. The first-order valence-corrected chi connectivity index (χ1v) is 7.21. The number of carbonyl (C=O) groups is 1. The fourth-order valence-electron chi connectivity index (χ4n) is 1.75.